The van der Waals surface area contributed by atoms with Gasteiger partial charge in [0.25, 0.3) is 0 Å². The molecule has 2 heterocycles. The molecule has 0 saturated carbocycles. The van der Waals surface area contributed by atoms with E-state index in [0.29, 0.717) is 22.7 Å². The van der Waals surface area contributed by atoms with Crippen LogP contribution in [0.15, 0.2) is 33.0 Å². The molecule has 3 aromatic rings. The highest BCUT2D eigenvalue weighted by molar-refractivity contribution is 5.98. The van der Waals surface area contributed by atoms with Gasteiger partial charge in [-0.05, 0) is 36.3 Å². The lowest BCUT2D eigenvalue weighted by atomic mass is 10.2. The summed E-state index contributed by atoms with van der Waals surface area (Å²) in [5, 5.41) is 42.0. The molecular weight excluding hydrogens is 328 g/mol. The molecule has 0 bridgehead atoms. The Balaban J connectivity index is 1.85. The summed E-state index contributed by atoms with van der Waals surface area (Å²) in [6.45, 7) is 3.47. The number of benzene rings is 1. The van der Waals surface area contributed by atoms with Crippen molar-refractivity contribution in [3.8, 4) is 17.3 Å². The van der Waals surface area contributed by atoms with E-state index in [0.717, 1.165) is 0 Å². The summed E-state index contributed by atoms with van der Waals surface area (Å²) in [7, 11) is 0. The molecule has 0 aliphatic heterocycles. The summed E-state index contributed by atoms with van der Waals surface area (Å²) >= 11 is 0. The number of phenols is 2. The molecule has 0 aliphatic carbocycles. The Bertz CT molecular complexity index is 972. The monoisotopic (exact) mass is 342 g/mol. The predicted molar refractivity (Wildman–Crippen MR) is 87.9 cm³/mol. The molecule has 2 aromatic heterocycles. The second kappa shape index (κ2) is 6.39. The minimum atomic E-state index is -0.104. The largest absolute Gasteiger partial charge is 0.508 e. The van der Waals surface area contributed by atoms with Gasteiger partial charge >= 0.3 is 0 Å². The lowest BCUT2D eigenvalue weighted by molar-refractivity contribution is 0.306. The lowest BCUT2D eigenvalue weighted by Gasteiger charge is -1.99. The molecule has 11 nitrogen and oxygen atoms in total. The van der Waals surface area contributed by atoms with Gasteiger partial charge in [-0.15, -0.1) is 5.10 Å². The van der Waals surface area contributed by atoms with Crippen LogP contribution >= 0.6 is 0 Å². The van der Waals surface area contributed by atoms with Crippen molar-refractivity contribution in [1.29, 1.82) is 0 Å². The third-order valence-corrected chi connectivity index (χ3v) is 3.35. The van der Waals surface area contributed by atoms with E-state index in [-0.39, 0.29) is 23.1 Å². The minimum Gasteiger partial charge on any atom is -0.508 e. The normalized spacial score (nSPS) is 12.2. The van der Waals surface area contributed by atoms with Crippen LogP contribution in [0.4, 0.5) is 5.82 Å². The number of rotatable bonds is 4. The zero-order chi connectivity index (χ0) is 18.0. The first-order valence-corrected chi connectivity index (χ1v) is 7.08. The van der Waals surface area contributed by atoms with Crippen molar-refractivity contribution in [2.75, 3.05) is 5.73 Å². The van der Waals surface area contributed by atoms with Crippen molar-refractivity contribution < 1.29 is 14.8 Å². The highest BCUT2D eigenvalue weighted by Gasteiger charge is 2.17. The van der Waals surface area contributed by atoms with Crippen LogP contribution in [0.1, 0.15) is 23.9 Å². The van der Waals surface area contributed by atoms with Gasteiger partial charge in [0.1, 0.15) is 17.2 Å². The van der Waals surface area contributed by atoms with E-state index >= 15 is 0 Å². The lowest BCUT2D eigenvalue weighted by Crippen LogP contribution is -2.04. The van der Waals surface area contributed by atoms with Gasteiger partial charge in [-0.2, -0.15) is 14.9 Å². The number of nitrogen functional groups attached to an aromatic ring is 1. The van der Waals surface area contributed by atoms with E-state index in [2.05, 4.69) is 35.5 Å². The molecule has 0 aliphatic rings. The molecule has 0 saturated heterocycles. The van der Waals surface area contributed by atoms with Crippen molar-refractivity contribution in [2.24, 2.45) is 10.2 Å². The Labute approximate surface area is 141 Å². The molecule has 0 fully saturated rings. The topological polar surface area (TPSA) is 161 Å². The van der Waals surface area contributed by atoms with Gasteiger partial charge in [-0.3, -0.25) is 0 Å². The van der Waals surface area contributed by atoms with Gasteiger partial charge in [0.2, 0.25) is 11.6 Å². The summed E-state index contributed by atoms with van der Waals surface area (Å²) in [4.78, 5) is 0. The summed E-state index contributed by atoms with van der Waals surface area (Å²) < 4.78 is 5.93. The molecule has 0 radical (unpaired) electrons. The Morgan fingerprint density at radius 3 is 2.80 bits per heavy atom. The van der Waals surface area contributed by atoms with E-state index in [9.17, 15) is 10.2 Å². The molecule has 25 heavy (non-hydrogen) atoms. The van der Waals surface area contributed by atoms with Crippen LogP contribution in [-0.2, 0) is 0 Å². The average molecular weight is 342 g/mol. The van der Waals surface area contributed by atoms with Gasteiger partial charge in [-0.1, -0.05) is 5.21 Å². The molecule has 1 aromatic carbocycles. The van der Waals surface area contributed by atoms with Gasteiger partial charge in [0, 0.05) is 11.6 Å². The molecule has 11 heteroatoms. The third kappa shape index (κ3) is 3.15. The van der Waals surface area contributed by atoms with Gasteiger partial charge in [0.05, 0.1) is 17.6 Å². The number of phenolic OH excluding ortho intramolecular Hbond substituents is 2. The molecule has 128 valence electrons. The van der Waals surface area contributed by atoms with Crippen molar-refractivity contribution in [3.63, 3.8) is 0 Å². The fourth-order valence-electron chi connectivity index (χ4n) is 2.07. The van der Waals surface area contributed by atoms with E-state index in [1.54, 1.807) is 13.8 Å². The molecule has 3 rings (SSSR count). The Morgan fingerprint density at radius 2 is 2.12 bits per heavy atom. The first-order chi connectivity index (χ1) is 12.0. The molecule has 4 N–H and O–H groups in total. The van der Waals surface area contributed by atoms with E-state index in [1.165, 1.54) is 29.1 Å². The molecule has 0 unspecified atom stereocenters. The second-order valence-electron chi connectivity index (χ2n) is 5.08. The van der Waals surface area contributed by atoms with E-state index in [4.69, 9.17) is 5.73 Å². The predicted octanol–water partition coefficient (Wildman–Crippen LogP) is 0.795. The number of aromatic nitrogens is 5. The number of aromatic hydroxyl groups is 2. The highest BCUT2D eigenvalue weighted by atomic mass is 16.6. The number of hydrogen-bond acceptors (Lipinski definition) is 10. The fraction of sp³-hybridized carbons (Fsp3) is 0.143. The summed E-state index contributed by atoms with van der Waals surface area (Å²) in [5.41, 5.74) is 7.68. The molecular formula is C14H14N8O3. The number of nitrogens with zero attached hydrogens (tertiary/aromatic N) is 7. The Morgan fingerprint density at radius 1 is 1.32 bits per heavy atom. The average Bonchev–Trinajstić information content (AvgIpc) is 3.15. The molecule has 0 amide bonds. The van der Waals surface area contributed by atoms with Crippen LogP contribution in [0.2, 0.25) is 0 Å². The summed E-state index contributed by atoms with van der Waals surface area (Å²) in [5.74, 6) is 0.187. The number of nitrogens with two attached hydrogens (primary N) is 1. The third-order valence-electron chi connectivity index (χ3n) is 3.35. The summed E-state index contributed by atoms with van der Waals surface area (Å²) in [6.07, 6.45) is 1.36. The SMILES string of the molecule is C/C(=N/N=C/c1ccc(O)cc1O)c1nnn(-c2nonc2N)c1C. The van der Waals surface area contributed by atoms with Crippen molar-refractivity contribution in [3.05, 3.63) is 35.2 Å². The number of hydrogen-bond donors (Lipinski definition) is 3. The zero-order valence-corrected chi connectivity index (χ0v) is 13.3. The van der Waals surface area contributed by atoms with Gasteiger partial charge < -0.3 is 15.9 Å². The van der Waals surface area contributed by atoms with Crippen molar-refractivity contribution in [2.45, 2.75) is 13.8 Å². The molecule has 0 atom stereocenters. The Kier molecular flexibility index (Phi) is 4.12. The molecule has 0 spiro atoms. The maximum atomic E-state index is 9.69. The van der Waals surface area contributed by atoms with Crippen LogP contribution in [0.5, 0.6) is 11.5 Å². The van der Waals surface area contributed by atoms with Crippen LogP contribution in [0.3, 0.4) is 0 Å². The standard InChI is InChI=1S/C14H14N8O3/c1-7(17-16-6-9-3-4-10(23)5-11(9)24)12-8(2)22(21-18-12)14-13(15)19-25-20-14/h3-6,23-24H,1-2H3,(H2,15,19)/b16-6+,17-7-. The van der Waals surface area contributed by atoms with Crippen molar-refractivity contribution in [1.82, 2.24) is 25.3 Å². The van der Waals surface area contributed by atoms with Crippen LogP contribution in [0, 0.1) is 6.92 Å². The maximum absolute atomic E-state index is 9.69. The van der Waals surface area contributed by atoms with E-state index < -0.39 is 0 Å². The number of anilines is 1. The van der Waals surface area contributed by atoms with Crippen LogP contribution in [0.25, 0.3) is 5.82 Å². The summed E-state index contributed by atoms with van der Waals surface area (Å²) in [6, 6.07) is 4.16. The minimum absolute atomic E-state index is 0.0387. The first kappa shape index (κ1) is 16.1. The van der Waals surface area contributed by atoms with Crippen molar-refractivity contribution >= 4 is 17.7 Å². The van der Waals surface area contributed by atoms with E-state index in [1.807, 2.05) is 0 Å². The fourth-order valence-corrected chi connectivity index (χ4v) is 2.07. The first-order valence-electron chi connectivity index (χ1n) is 7.08. The highest BCUT2D eigenvalue weighted by Crippen LogP contribution is 2.21. The zero-order valence-electron chi connectivity index (χ0n) is 13.3. The second-order valence-corrected chi connectivity index (χ2v) is 5.08. The Hall–Kier alpha value is -3.76. The van der Waals surface area contributed by atoms with Gasteiger partial charge in [-0.25, -0.2) is 4.63 Å². The smallest absolute Gasteiger partial charge is 0.243 e. The van der Waals surface area contributed by atoms with Crippen LogP contribution in [-0.4, -0.2) is 47.4 Å². The quantitative estimate of drug-likeness (QED) is 0.463. The maximum Gasteiger partial charge on any atom is 0.243 e. The van der Waals surface area contributed by atoms with Crippen LogP contribution < -0.4 is 5.73 Å². The van der Waals surface area contributed by atoms with Gasteiger partial charge in [0.15, 0.2) is 0 Å².